The number of aliphatic carboxylic acids is 1. The minimum absolute atomic E-state index is 0.177. The number of hydrogen-bond donors (Lipinski definition) is 1. The zero-order valence-corrected chi connectivity index (χ0v) is 9.32. The van der Waals surface area contributed by atoms with Crippen molar-refractivity contribution in [3.63, 3.8) is 0 Å². The number of halogens is 1. The number of benzene rings is 1. The first-order chi connectivity index (χ1) is 7.56. The van der Waals surface area contributed by atoms with Crippen LogP contribution in [0, 0.1) is 6.92 Å². The van der Waals surface area contributed by atoms with Crippen LogP contribution < -0.4 is 0 Å². The fourth-order valence-electron chi connectivity index (χ4n) is 1.54. The molecule has 0 radical (unpaired) electrons. The van der Waals surface area contributed by atoms with Gasteiger partial charge in [-0.15, -0.1) is 0 Å². The zero-order valence-electron chi connectivity index (χ0n) is 8.57. The van der Waals surface area contributed by atoms with Crippen molar-refractivity contribution in [3.8, 4) is 0 Å². The first-order valence-electron chi connectivity index (χ1n) is 4.71. The molecular formula is C11H9ClN2O2. The summed E-state index contributed by atoms with van der Waals surface area (Å²) in [4.78, 5) is 18.9. The lowest BCUT2D eigenvalue weighted by molar-refractivity contribution is -0.136. The van der Waals surface area contributed by atoms with Crippen LogP contribution >= 0.6 is 11.6 Å². The number of carbonyl (C=O) groups is 1. The van der Waals surface area contributed by atoms with Gasteiger partial charge in [-0.3, -0.25) is 4.79 Å². The number of nitrogens with zero attached hydrogens (tertiary/aromatic N) is 2. The Labute approximate surface area is 96.9 Å². The van der Waals surface area contributed by atoms with E-state index in [0.29, 0.717) is 16.4 Å². The maximum Gasteiger partial charge on any atom is 0.311 e. The molecule has 0 saturated carbocycles. The normalized spacial score (nSPS) is 10.6. The van der Waals surface area contributed by atoms with E-state index < -0.39 is 5.97 Å². The lowest BCUT2D eigenvalue weighted by atomic mass is 10.2. The van der Waals surface area contributed by atoms with Gasteiger partial charge in [0, 0.05) is 16.1 Å². The molecular weight excluding hydrogens is 228 g/mol. The first kappa shape index (κ1) is 10.8. The van der Waals surface area contributed by atoms with Gasteiger partial charge in [0.1, 0.15) is 12.2 Å². The highest BCUT2D eigenvalue weighted by Crippen LogP contribution is 2.19. The number of hydrogen-bond acceptors (Lipinski definition) is 3. The Hall–Kier alpha value is -1.68. The highest BCUT2D eigenvalue weighted by atomic mass is 35.5. The largest absolute Gasteiger partial charge is 0.481 e. The van der Waals surface area contributed by atoms with Crippen LogP contribution in [0.15, 0.2) is 18.2 Å². The summed E-state index contributed by atoms with van der Waals surface area (Å²) < 4.78 is 0. The van der Waals surface area contributed by atoms with E-state index in [9.17, 15) is 4.79 Å². The van der Waals surface area contributed by atoms with E-state index in [1.807, 2.05) is 13.0 Å². The monoisotopic (exact) mass is 236 g/mol. The van der Waals surface area contributed by atoms with Crippen molar-refractivity contribution in [1.29, 1.82) is 0 Å². The molecule has 0 amide bonds. The summed E-state index contributed by atoms with van der Waals surface area (Å²) >= 11 is 5.85. The van der Waals surface area contributed by atoms with Gasteiger partial charge in [-0.1, -0.05) is 11.6 Å². The molecule has 0 saturated heterocycles. The average Bonchev–Trinajstić information content (AvgIpc) is 2.15. The number of carboxylic acid groups (broad SMARTS) is 1. The molecule has 0 aliphatic rings. The Bertz CT molecular complexity index is 569. The van der Waals surface area contributed by atoms with Crippen LogP contribution in [0.2, 0.25) is 5.02 Å². The van der Waals surface area contributed by atoms with Gasteiger partial charge in [-0.25, -0.2) is 9.97 Å². The summed E-state index contributed by atoms with van der Waals surface area (Å²) in [6.45, 7) is 1.82. The Morgan fingerprint density at radius 1 is 1.44 bits per heavy atom. The number of rotatable bonds is 2. The van der Waals surface area contributed by atoms with Crippen LogP contribution in [0.1, 0.15) is 11.5 Å². The van der Waals surface area contributed by atoms with Gasteiger partial charge in [-0.2, -0.15) is 0 Å². The predicted molar refractivity (Wildman–Crippen MR) is 60.6 cm³/mol. The second-order valence-corrected chi connectivity index (χ2v) is 3.89. The topological polar surface area (TPSA) is 63.1 Å². The lowest BCUT2D eigenvalue weighted by Crippen LogP contribution is -2.06. The van der Waals surface area contributed by atoms with Crippen LogP contribution in [-0.4, -0.2) is 21.0 Å². The first-order valence-corrected chi connectivity index (χ1v) is 5.08. The quantitative estimate of drug-likeness (QED) is 0.869. The molecule has 0 bridgehead atoms. The molecule has 0 unspecified atom stereocenters. The van der Waals surface area contributed by atoms with Gasteiger partial charge in [-0.05, 0) is 25.1 Å². The fraction of sp³-hybridized carbons (Fsp3) is 0.182. The zero-order chi connectivity index (χ0) is 11.7. The van der Waals surface area contributed by atoms with Crippen molar-refractivity contribution in [2.45, 2.75) is 13.3 Å². The second kappa shape index (κ2) is 4.06. The highest BCUT2D eigenvalue weighted by molar-refractivity contribution is 6.31. The van der Waals surface area contributed by atoms with Crippen molar-refractivity contribution >= 4 is 28.5 Å². The Balaban J connectivity index is 2.60. The summed E-state index contributed by atoms with van der Waals surface area (Å²) in [6.07, 6.45) is -0.177. The molecule has 1 N–H and O–H groups in total. The van der Waals surface area contributed by atoms with Crippen LogP contribution in [0.25, 0.3) is 10.9 Å². The van der Waals surface area contributed by atoms with E-state index in [1.165, 1.54) is 0 Å². The third kappa shape index (κ3) is 2.12. The maximum atomic E-state index is 10.6. The third-order valence-corrected chi connectivity index (χ3v) is 2.44. The summed E-state index contributed by atoms with van der Waals surface area (Å²) in [7, 11) is 0. The molecule has 16 heavy (non-hydrogen) atoms. The van der Waals surface area contributed by atoms with Gasteiger partial charge in [0.05, 0.1) is 5.52 Å². The Morgan fingerprint density at radius 2 is 2.19 bits per heavy atom. The molecule has 2 rings (SSSR count). The van der Waals surface area contributed by atoms with Crippen LogP contribution in [0.4, 0.5) is 0 Å². The maximum absolute atomic E-state index is 10.6. The van der Waals surface area contributed by atoms with Gasteiger partial charge < -0.3 is 5.11 Å². The van der Waals surface area contributed by atoms with E-state index in [1.54, 1.807) is 12.1 Å². The molecule has 0 spiro atoms. The van der Waals surface area contributed by atoms with E-state index in [4.69, 9.17) is 16.7 Å². The van der Waals surface area contributed by atoms with E-state index in [2.05, 4.69) is 9.97 Å². The molecule has 0 aliphatic heterocycles. The van der Waals surface area contributed by atoms with Gasteiger partial charge in [0.15, 0.2) is 0 Å². The van der Waals surface area contributed by atoms with Crippen LogP contribution in [0.5, 0.6) is 0 Å². The smallest absolute Gasteiger partial charge is 0.311 e. The minimum Gasteiger partial charge on any atom is -0.481 e. The molecule has 1 aromatic carbocycles. The van der Waals surface area contributed by atoms with E-state index in [-0.39, 0.29) is 6.42 Å². The van der Waals surface area contributed by atoms with Crippen molar-refractivity contribution in [1.82, 2.24) is 9.97 Å². The number of fused-ring (bicyclic) bond motifs is 1. The van der Waals surface area contributed by atoms with Crippen molar-refractivity contribution < 1.29 is 9.90 Å². The van der Waals surface area contributed by atoms with Gasteiger partial charge >= 0.3 is 5.97 Å². The number of aromatic nitrogens is 2. The average molecular weight is 237 g/mol. The van der Waals surface area contributed by atoms with E-state index in [0.717, 1.165) is 11.1 Å². The molecule has 0 fully saturated rings. The lowest BCUT2D eigenvalue weighted by Gasteiger charge is -2.04. The predicted octanol–water partition coefficient (Wildman–Crippen LogP) is 2.22. The van der Waals surface area contributed by atoms with Crippen molar-refractivity contribution in [2.24, 2.45) is 0 Å². The minimum atomic E-state index is -0.944. The van der Waals surface area contributed by atoms with Gasteiger partial charge in [0.2, 0.25) is 0 Å². The SMILES string of the molecule is Cc1nc(CC(=O)O)nc2cc(Cl)ccc12. The summed E-state index contributed by atoms with van der Waals surface area (Å²) in [5.41, 5.74) is 1.44. The van der Waals surface area contributed by atoms with Crippen LogP contribution in [0.3, 0.4) is 0 Å². The fourth-order valence-corrected chi connectivity index (χ4v) is 1.70. The molecule has 5 heteroatoms. The highest BCUT2D eigenvalue weighted by Gasteiger charge is 2.08. The summed E-state index contributed by atoms with van der Waals surface area (Å²) in [5.74, 6) is -0.638. The molecule has 1 heterocycles. The van der Waals surface area contributed by atoms with Gasteiger partial charge in [0.25, 0.3) is 0 Å². The number of carboxylic acids is 1. The standard InChI is InChI=1S/C11H9ClN2O2/c1-6-8-3-2-7(12)4-9(8)14-10(13-6)5-11(15)16/h2-4H,5H2,1H3,(H,15,16). The van der Waals surface area contributed by atoms with Crippen molar-refractivity contribution in [2.75, 3.05) is 0 Å². The molecule has 82 valence electrons. The Kier molecular flexibility index (Phi) is 2.75. The third-order valence-electron chi connectivity index (χ3n) is 2.21. The summed E-state index contributed by atoms with van der Waals surface area (Å²) in [5, 5.41) is 10.1. The molecule has 1 aromatic heterocycles. The number of aryl methyl sites for hydroxylation is 1. The molecule has 4 nitrogen and oxygen atoms in total. The molecule has 2 aromatic rings. The molecule has 0 aliphatic carbocycles. The van der Waals surface area contributed by atoms with Crippen molar-refractivity contribution in [3.05, 3.63) is 34.7 Å². The molecule has 0 atom stereocenters. The Morgan fingerprint density at radius 3 is 2.88 bits per heavy atom. The summed E-state index contributed by atoms with van der Waals surface area (Å²) in [6, 6.07) is 5.30. The second-order valence-electron chi connectivity index (χ2n) is 3.46. The van der Waals surface area contributed by atoms with E-state index >= 15 is 0 Å². The van der Waals surface area contributed by atoms with Crippen LogP contribution in [-0.2, 0) is 11.2 Å².